The summed E-state index contributed by atoms with van der Waals surface area (Å²) in [6.07, 6.45) is 4.40. The highest BCUT2D eigenvalue weighted by Crippen LogP contribution is 2.29. The lowest BCUT2D eigenvalue weighted by Gasteiger charge is -2.10. The standard InChI is InChI=1S/C17H14FN5O2.ClH/c1-25-15-5-4-11(18)7-13(15)14-8-16(21-10-20-14)23-17(24)22-12-3-2-6-19-9-12;/h2-10H,1H3,(H2,20,21,22,23,24);1H. The first-order chi connectivity index (χ1) is 12.2. The number of hydrogen-bond donors (Lipinski definition) is 2. The summed E-state index contributed by atoms with van der Waals surface area (Å²) in [7, 11) is 1.48. The van der Waals surface area contributed by atoms with Crippen LogP contribution in [0, 0.1) is 5.82 Å². The van der Waals surface area contributed by atoms with Crippen LogP contribution in [0.3, 0.4) is 0 Å². The molecular formula is C17H15ClFN5O2. The number of carbonyl (C=O) groups is 1. The Bertz CT molecular complexity index is 895. The van der Waals surface area contributed by atoms with Crippen LogP contribution in [0.1, 0.15) is 0 Å². The van der Waals surface area contributed by atoms with Crippen LogP contribution < -0.4 is 15.4 Å². The van der Waals surface area contributed by atoms with Crippen LogP contribution in [-0.2, 0) is 0 Å². The third kappa shape index (κ3) is 4.64. The molecule has 3 aromatic rings. The summed E-state index contributed by atoms with van der Waals surface area (Å²) in [5.74, 6) is 0.307. The summed E-state index contributed by atoms with van der Waals surface area (Å²) < 4.78 is 18.8. The van der Waals surface area contributed by atoms with E-state index >= 15 is 0 Å². The summed E-state index contributed by atoms with van der Waals surface area (Å²) in [6.45, 7) is 0. The first-order valence-corrected chi connectivity index (χ1v) is 7.29. The third-order valence-corrected chi connectivity index (χ3v) is 3.27. The Hall–Kier alpha value is -3.26. The van der Waals surface area contributed by atoms with E-state index in [2.05, 4.69) is 25.6 Å². The smallest absolute Gasteiger partial charge is 0.324 e. The molecule has 3 rings (SSSR count). The number of methoxy groups -OCH3 is 1. The summed E-state index contributed by atoms with van der Waals surface area (Å²) >= 11 is 0. The highest BCUT2D eigenvalue weighted by atomic mass is 35.5. The number of hydrogen-bond acceptors (Lipinski definition) is 5. The van der Waals surface area contributed by atoms with Crippen LogP contribution in [-0.4, -0.2) is 28.1 Å². The van der Waals surface area contributed by atoms with E-state index in [1.165, 1.54) is 43.9 Å². The van der Waals surface area contributed by atoms with Crippen molar-refractivity contribution in [3.63, 3.8) is 0 Å². The lowest BCUT2D eigenvalue weighted by atomic mass is 10.1. The van der Waals surface area contributed by atoms with Gasteiger partial charge in [0.2, 0.25) is 0 Å². The van der Waals surface area contributed by atoms with Crippen molar-refractivity contribution in [2.24, 2.45) is 0 Å². The lowest BCUT2D eigenvalue weighted by Crippen LogP contribution is -2.20. The Labute approximate surface area is 155 Å². The van der Waals surface area contributed by atoms with Crippen molar-refractivity contribution in [3.8, 4) is 17.0 Å². The van der Waals surface area contributed by atoms with Crippen LogP contribution in [0.15, 0.2) is 55.1 Å². The Kier molecular flexibility index (Phi) is 6.40. The molecule has 26 heavy (non-hydrogen) atoms. The van der Waals surface area contributed by atoms with Crippen molar-refractivity contribution in [2.45, 2.75) is 0 Å². The molecule has 134 valence electrons. The summed E-state index contributed by atoms with van der Waals surface area (Å²) in [5, 5.41) is 5.21. The van der Waals surface area contributed by atoms with Gasteiger partial charge in [-0.1, -0.05) is 0 Å². The zero-order valence-corrected chi connectivity index (χ0v) is 14.5. The maximum atomic E-state index is 13.5. The second kappa shape index (κ2) is 8.72. The van der Waals surface area contributed by atoms with Crippen molar-refractivity contribution >= 4 is 29.9 Å². The monoisotopic (exact) mass is 375 g/mol. The minimum atomic E-state index is -0.483. The van der Waals surface area contributed by atoms with E-state index in [4.69, 9.17) is 4.74 Å². The number of urea groups is 1. The van der Waals surface area contributed by atoms with E-state index in [1.54, 1.807) is 18.3 Å². The number of nitrogens with one attached hydrogen (secondary N) is 2. The molecule has 0 saturated carbocycles. The largest absolute Gasteiger partial charge is 0.496 e. The Morgan fingerprint density at radius 2 is 2.00 bits per heavy atom. The van der Waals surface area contributed by atoms with Gasteiger partial charge in [0.1, 0.15) is 23.7 Å². The van der Waals surface area contributed by atoms with Crippen LogP contribution in [0.2, 0.25) is 0 Å². The van der Waals surface area contributed by atoms with Gasteiger partial charge < -0.3 is 10.1 Å². The van der Waals surface area contributed by atoms with Gasteiger partial charge in [0, 0.05) is 17.8 Å². The molecule has 0 aliphatic rings. The average Bonchev–Trinajstić information content (AvgIpc) is 2.62. The van der Waals surface area contributed by atoms with Gasteiger partial charge in [0.05, 0.1) is 24.7 Å². The second-order valence-corrected chi connectivity index (χ2v) is 4.95. The number of ether oxygens (including phenoxy) is 1. The molecule has 9 heteroatoms. The van der Waals surface area contributed by atoms with Crippen molar-refractivity contribution in [2.75, 3.05) is 17.7 Å². The number of halogens is 2. The number of pyridine rings is 1. The maximum absolute atomic E-state index is 13.5. The van der Waals surface area contributed by atoms with Crippen LogP contribution in [0.4, 0.5) is 20.7 Å². The van der Waals surface area contributed by atoms with Gasteiger partial charge in [-0.2, -0.15) is 0 Å². The highest BCUT2D eigenvalue weighted by Gasteiger charge is 2.11. The molecule has 2 amide bonds. The van der Waals surface area contributed by atoms with E-state index < -0.39 is 11.8 Å². The number of nitrogens with zero attached hydrogens (tertiary/aromatic N) is 3. The van der Waals surface area contributed by atoms with Crippen LogP contribution in [0.5, 0.6) is 5.75 Å². The van der Waals surface area contributed by atoms with Gasteiger partial charge in [-0.3, -0.25) is 10.3 Å². The molecule has 0 bridgehead atoms. The molecule has 0 aliphatic heterocycles. The fourth-order valence-electron chi connectivity index (χ4n) is 2.17. The van der Waals surface area contributed by atoms with E-state index in [-0.39, 0.29) is 18.2 Å². The Morgan fingerprint density at radius 1 is 1.15 bits per heavy atom. The van der Waals surface area contributed by atoms with Crippen molar-refractivity contribution in [1.29, 1.82) is 0 Å². The molecule has 0 saturated heterocycles. The van der Waals surface area contributed by atoms with Gasteiger partial charge in [0.15, 0.2) is 0 Å². The van der Waals surface area contributed by atoms with E-state index in [0.717, 1.165) is 0 Å². The molecule has 0 fully saturated rings. The molecule has 2 heterocycles. The number of anilines is 2. The third-order valence-electron chi connectivity index (χ3n) is 3.27. The molecule has 2 N–H and O–H groups in total. The highest BCUT2D eigenvalue weighted by molar-refractivity contribution is 5.99. The Balaban J connectivity index is 0.00000243. The number of carbonyl (C=O) groups excluding carboxylic acids is 1. The predicted molar refractivity (Wildman–Crippen MR) is 98.1 cm³/mol. The number of aromatic nitrogens is 3. The van der Waals surface area contributed by atoms with Gasteiger partial charge >= 0.3 is 6.03 Å². The maximum Gasteiger partial charge on any atom is 0.324 e. The minimum Gasteiger partial charge on any atom is -0.496 e. The fraction of sp³-hybridized carbons (Fsp3) is 0.0588. The van der Waals surface area contributed by atoms with Crippen molar-refractivity contribution in [3.05, 3.63) is 60.9 Å². The first kappa shape index (κ1) is 19.1. The van der Waals surface area contributed by atoms with Crippen molar-refractivity contribution < 1.29 is 13.9 Å². The zero-order valence-electron chi connectivity index (χ0n) is 13.6. The van der Waals surface area contributed by atoms with Gasteiger partial charge in [-0.05, 0) is 30.3 Å². The van der Waals surface area contributed by atoms with Gasteiger partial charge in [-0.25, -0.2) is 19.2 Å². The topological polar surface area (TPSA) is 89.0 Å². The average molecular weight is 376 g/mol. The number of rotatable bonds is 4. The summed E-state index contributed by atoms with van der Waals surface area (Å²) in [5.41, 5.74) is 1.42. The molecular weight excluding hydrogens is 361 g/mol. The van der Waals surface area contributed by atoms with Gasteiger partial charge in [-0.15, -0.1) is 12.4 Å². The fourth-order valence-corrected chi connectivity index (χ4v) is 2.17. The molecule has 2 aromatic heterocycles. The minimum absolute atomic E-state index is 0. The van der Waals surface area contributed by atoms with Crippen LogP contribution >= 0.6 is 12.4 Å². The summed E-state index contributed by atoms with van der Waals surface area (Å²) in [4.78, 5) is 24.0. The molecule has 7 nitrogen and oxygen atoms in total. The molecule has 0 unspecified atom stereocenters. The van der Waals surface area contributed by atoms with E-state index in [1.807, 2.05) is 0 Å². The van der Waals surface area contributed by atoms with Crippen molar-refractivity contribution in [1.82, 2.24) is 15.0 Å². The Morgan fingerprint density at radius 3 is 2.73 bits per heavy atom. The second-order valence-electron chi connectivity index (χ2n) is 4.95. The zero-order chi connectivity index (χ0) is 17.6. The number of amides is 2. The quantitative estimate of drug-likeness (QED) is 0.724. The van der Waals surface area contributed by atoms with Crippen LogP contribution in [0.25, 0.3) is 11.3 Å². The number of benzene rings is 1. The van der Waals surface area contributed by atoms with E-state index in [0.29, 0.717) is 22.7 Å². The molecule has 1 aromatic carbocycles. The summed E-state index contributed by atoms with van der Waals surface area (Å²) in [6, 6.07) is 8.56. The molecule has 0 spiro atoms. The normalized spacial score (nSPS) is 9.77. The predicted octanol–water partition coefficient (Wildman–Crippen LogP) is 3.75. The molecule has 0 aliphatic carbocycles. The molecule has 0 radical (unpaired) electrons. The SMILES string of the molecule is COc1ccc(F)cc1-c1cc(NC(=O)Nc2cccnc2)ncn1.Cl. The van der Waals surface area contributed by atoms with E-state index in [9.17, 15) is 9.18 Å². The lowest BCUT2D eigenvalue weighted by molar-refractivity contribution is 0.262. The van der Waals surface area contributed by atoms with Gasteiger partial charge in [0.25, 0.3) is 0 Å². The molecule has 0 atom stereocenters. The first-order valence-electron chi connectivity index (χ1n) is 7.29.